The van der Waals surface area contributed by atoms with E-state index in [9.17, 15) is 14.4 Å². The quantitative estimate of drug-likeness (QED) is 0.421. The van der Waals surface area contributed by atoms with Crippen molar-refractivity contribution >= 4 is 24.0 Å². The van der Waals surface area contributed by atoms with Crippen LogP contribution in [0.2, 0.25) is 0 Å². The summed E-state index contributed by atoms with van der Waals surface area (Å²) in [6, 6.07) is 5.44. The van der Waals surface area contributed by atoms with Gasteiger partial charge in [-0.05, 0) is 91.3 Å². The van der Waals surface area contributed by atoms with Gasteiger partial charge in [0.1, 0.15) is 17.7 Å². The number of amides is 3. The zero-order chi connectivity index (χ0) is 27.8. The number of rotatable bonds is 10. The van der Waals surface area contributed by atoms with Gasteiger partial charge in [0.05, 0.1) is 0 Å². The summed E-state index contributed by atoms with van der Waals surface area (Å²) in [6.45, 7) is 22.7. The van der Waals surface area contributed by atoms with Crippen molar-refractivity contribution in [3.63, 3.8) is 0 Å². The first-order valence-electron chi connectivity index (χ1n) is 12.8. The molecule has 36 heavy (non-hydrogen) atoms. The van der Waals surface area contributed by atoms with Crippen molar-refractivity contribution in [1.29, 1.82) is 0 Å². The van der Waals surface area contributed by atoms with Gasteiger partial charge in [0.15, 0.2) is 0 Å². The highest BCUT2D eigenvalue weighted by atomic mass is 16.6. The van der Waals surface area contributed by atoms with Gasteiger partial charge in [-0.2, -0.15) is 0 Å². The van der Waals surface area contributed by atoms with Crippen LogP contribution in [-0.2, 0) is 14.3 Å². The summed E-state index contributed by atoms with van der Waals surface area (Å²) in [7, 11) is 0. The first kappa shape index (κ1) is 31.2. The van der Waals surface area contributed by atoms with E-state index in [1.165, 1.54) is 0 Å². The molecule has 0 aliphatic heterocycles. The monoisotopic (exact) mass is 501 g/mol. The van der Waals surface area contributed by atoms with Crippen molar-refractivity contribution in [2.75, 3.05) is 0 Å². The van der Waals surface area contributed by atoms with Crippen molar-refractivity contribution in [3.05, 3.63) is 42.0 Å². The van der Waals surface area contributed by atoms with Crippen LogP contribution in [0.25, 0.3) is 6.08 Å². The highest BCUT2D eigenvalue weighted by molar-refractivity contribution is 5.92. The van der Waals surface area contributed by atoms with Gasteiger partial charge in [0.2, 0.25) is 11.8 Å². The molecule has 1 rings (SSSR count). The maximum atomic E-state index is 13.9. The summed E-state index contributed by atoms with van der Waals surface area (Å²) in [5.41, 5.74) is 0.338. The van der Waals surface area contributed by atoms with E-state index in [-0.39, 0.29) is 17.9 Å². The van der Waals surface area contributed by atoms with Gasteiger partial charge in [0.25, 0.3) is 0 Å². The molecule has 202 valence electrons. The van der Waals surface area contributed by atoms with Crippen LogP contribution in [0, 0.1) is 5.92 Å². The molecule has 0 spiro atoms. The van der Waals surface area contributed by atoms with Crippen molar-refractivity contribution < 1.29 is 19.1 Å². The third kappa shape index (κ3) is 10.4. The minimum absolute atomic E-state index is 0.258. The molecular weight excluding hydrogens is 454 g/mol. The number of hydrogen-bond acceptors (Lipinski definition) is 4. The molecule has 0 fully saturated rings. The second kappa shape index (κ2) is 12.9. The van der Waals surface area contributed by atoms with Crippen molar-refractivity contribution in [2.45, 2.75) is 111 Å². The Morgan fingerprint density at radius 3 is 2.14 bits per heavy atom. The Labute approximate surface area is 218 Å². The van der Waals surface area contributed by atoms with E-state index < -0.39 is 29.3 Å². The molecule has 2 N–H and O–H groups in total. The maximum Gasteiger partial charge on any atom is 0.408 e. The Kier molecular flexibility index (Phi) is 11.2. The average molecular weight is 502 g/mol. The summed E-state index contributed by atoms with van der Waals surface area (Å²) in [5.74, 6) is -0.194. The van der Waals surface area contributed by atoms with Gasteiger partial charge in [-0.15, -0.1) is 0 Å². The van der Waals surface area contributed by atoms with Gasteiger partial charge in [-0.1, -0.05) is 44.7 Å². The number of nitrogens with zero attached hydrogens (tertiary/aromatic N) is 1. The van der Waals surface area contributed by atoms with E-state index in [0.717, 1.165) is 12.0 Å². The van der Waals surface area contributed by atoms with Crippen molar-refractivity contribution in [3.8, 4) is 0 Å². The first-order chi connectivity index (χ1) is 16.4. The van der Waals surface area contributed by atoms with Crippen LogP contribution < -0.4 is 10.6 Å². The fourth-order valence-electron chi connectivity index (χ4n) is 3.81. The molecule has 1 aromatic carbocycles. The van der Waals surface area contributed by atoms with Crippen molar-refractivity contribution in [1.82, 2.24) is 15.5 Å². The summed E-state index contributed by atoms with van der Waals surface area (Å²) in [5, 5.41) is 5.70. The maximum absolute atomic E-state index is 13.9. The Morgan fingerprint density at radius 1 is 1.03 bits per heavy atom. The molecule has 0 radical (unpaired) electrons. The van der Waals surface area contributed by atoms with Crippen LogP contribution in [-0.4, -0.2) is 46.0 Å². The summed E-state index contributed by atoms with van der Waals surface area (Å²) >= 11 is 0. The molecule has 0 aliphatic carbocycles. The highest BCUT2D eigenvalue weighted by Crippen LogP contribution is 2.29. The number of carbonyl (C=O) groups excluding carboxylic acids is 3. The molecule has 0 saturated heterocycles. The Hall–Kier alpha value is -2.83. The zero-order valence-electron chi connectivity index (χ0n) is 23.9. The summed E-state index contributed by atoms with van der Waals surface area (Å²) < 4.78 is 5.36. The highest BCUT2D eigenvalue weighted by Gasteiger charge is 2.38. The van der Waals surface area contributed by atoms with Crippen molar-refractivity contribution in [2.24, 2.45) is 5.92 Å². The van der Waals surface area contributed by atoms with Crippen LogP contribution in [0.5, 0.6) is 0 Å². The van der Waals surface area contributed by atoms with Gasteiger partial charge >= 0.3 is 6.09 Å². The largest absolute Gasteiger partial charge is 0.444 e. The number of carbonyl (C=O) groups is 3. The number of nitrogens with one attached hydrogen (secondary N) is 2. The lowest BCUT2D eigenvalue weighted by atomic mass is 9.95. The Bertz CT molecular complexity index is 912. The third-order valence-corrected chi connectivity index (χ3v) is 5.48. The molecule has 7 heteroatoms. The molecule has 0 aromatic heterocycles. The lowest BCUT2D eigenvalue weighted by Crippen LogP contribution is -2.56. The molecule has 3 amide bonds. The minimum atomic E-state index is -0.895. The zero-order valence-corrected chi connectivity index (χ0v) is 23.9. The molecule has 3 atom stereocenters. The standard InChI is InChI=1S/C29H47N3O4/c1-12-22-14-13-15-23(18-22)24(25(33)31-28(6,7)8)32(20(4)17-16-19(2)3)26(34)21(5)30-27(35)36-29(9,10)11/h12-15,18-21,24H,1,16-17H2,2-11H3,(H,30,35)(H,31,33). The van der Waals surface area contributed by atoms with Crippen LogP contribution in [0.3, 0.4) is 0 Å². The van der Waals surface area contributed by atoms with E-state index in [1.807, 2.05) is 52.0 Å². The lowest BCUT2D eigenvalue weighted by molar-refractivity contribution is -0.145. The van der Waals surface area contributed by atoms with Gasteiger partial charge < -0.3 is 20.3 Å². The predicted octanol–water partition coefficient (Wildman–Crippen LogP) is 5.85. The second-order valence-corrected chi connectivity index (χ2v) is 11.9. The second-order valence-electron chi connectivity index (χ2n) is 11.9. The molecular formula is C29H47N3O4. The average Bonchev–Trinajstić information content (AvgIpc) is 2.72. The molecule has 1 aromatic rings. The van der Waals surface area contributed by atoms with Gasteiger partial charge in [-0.3, -0.25) is 9.59 Å². The minimum Gasteiger partial charge on any atom is -0.444 e. The fourth-order valence-corrected chi connectivity index (χ4v) is 3.81. The number of ether oxygens (including phenoxy) is 1. The molecule has 0 saturated carbocycles. The van der Waals surface area contributed by atoms with Crippen LogP contribution in [0.15, 0.2) is 30.8 Å². The third-order valence-electron chi connectivity index (χ3n) is 5.48. The van der Waals surface area contributed by atoms with E-state index in [4.69, 9.17) is 4.74 Å². The van der Waals surface area contributed by atoms with E-state index in [0.29, 0.717) is 17.9 Å². The van der Waals surface area contributed by atoms with Gasteiger partial charge in [0, 0.05) is 11.6 Å². The first-order valence-corrected chi connectivity index (χ1v) is 12.8. The fraction of sp³-hybridized carbons (Fsp3) is 0.621. The molecule has 0 aliphatic rings. The van der Waals surface area contributed by atoms with E-state index in [1.54, 1.807) is 38.7 Å². The number of benzene rings is 1. The number of hydrogen-bond donors (Lipinski definition) is 2. The number of alkyl carbamates (subject to hydrolysis) is 1. The SMILES string of the molecule is C=Cc1cccc(C(C(=O)NC(C)(C)C)N(C(=O)C(C)NC(=O)OC(C)(C)C)C(C)CCC(C)C)c1. The van der Waals surface area contributed by atoms with E-state index >= 15 is 0 Å². The predicted molar refractivity (Wildman–Crippen MR) is 146 cm³/mol. The molecule has 0 heterocycles. The van der Waals surface area contributed by atoms with Gasteiger partial charge in [-0.25, -0.2) is 4.79 Å². The summed E-state index contributed by atoms with van der Waals surface area (Å²) in [4.78, 5) is 41.7. The molecule has 3 unspecified atom stereocenters. The lowest BCUT2D eigenvalue weighted by Gasteiger charge is -2.39. The Balaban J connectivity index is 3.53. The molecule has 0 bridgehead atoms. The smallest absolute Gasteiger partial charge is 0.408 e. The van der Waals surface area contributed by atoms with Crippen LogP contribution >= 0.6 is 0 Å². The Morgan fingerprint density at radius 2 is 1.64 bits per heavy atom. The van der Waals surface area contributed by atoms with Crippen LogP contribution in [0.4, 0.5) is 4.79 Å². The molecule has 7 nitrogen and oxygen atoms in total. The normalized spacial score (nSPS) is 14.4. The summed E-state index contributed by atoms with van der Waals surface area (Å²) in [6.07, 6.45) is 2.63. The topological polar surface area (TPSA) is 87.7 Å². The van der Waals surface area contributed by atoms with E-state index in [2.05, 4.69) is 31.1 Å². The van der Waals surface area contributed by atoms with Crippen LogP contribution in [0.1, 0.15) is 99.2 Å².